The van der Waals surface area contributed by atoms with E-state index in [1.807, 2.05) is 126 Å². The van der Waals surface area contributed by atoms with Gasteiger partial charge in [-0.15, -0.1) is 0 Å². The Bertz CT molecular complexity index is 4390. The van der Waals surface area contributed by atoms with Crippen LogP contribution in [0.15, 0.2) is 108 Å². The van der Waals surface area contributed by atoms with Crippen LogP contribution in [0.1, 0.15) is 233 Å². The summed E-state index contributed by atoms with van der Waals surface area (Å²) in [5.74, 6) is -2.38. The highest BCUT2D eigenvalue weighted by Crippen LogP contribution is 2.76. The highest BCUT2D eigenvalue weighted by atomic mass is 28.4. The topological polar surface area (TPSA) is 278 Å². The molecule has 0 bridgehead atoms. The van der Waals surface area contributed by atoms with Gasteiger partial charge in [0.25, 0.3) is 0 Å². The molecule has 3 aromatic rings. The molecule has 0 aromatic heterocycles. The molecular formula is C105H158N4O21Si. The number of fused-ring (bicyclic) bond motifs is 8. The smallest absolute Gasteiger partial charge is 0.231 e. The lowest BCUT2D eigenvalue weighted by atomic mass is 9.33. The minimum Gasteiger partial charge on any atom is -0.408 e. The Balaban J connectivity index is 0.718. The molecule has 17 unspecified atom stereocenters. The molecule has 26 heteroatoms. The molecule has 0 radical (unpaired) electrons. The van der Waals surface area contributed by atoms with Crippen LogP contribution in [0.3, 0.4) is 0 Å². The highest BCUT2D eigenvalue weighted by molar-refractivity contribution is 6.73. The summed E-state index contributed by atoms with van der Waals surface area (Å²) in [7, 11) is -0.500. The summed E-state index contributed by atoms with van der Waals surface area (Å²) in [6.45, 7) is 49.4. The van der Waals surface area contributed by atoms with E-state index in [1.54, 1.807) is 14.0 Å². The monoisotopic (exact) mass is 1840 g/mol. The average molecular weight is 1840 g/mol. The van der Waals surface area contributed by atoms with Crippen LogP contribution in [0.4, 0.5) is 0 Å². The molecule has 12 aliphatic rings. The van der Waals surface area contributed by atoms with Crippen LogP contribution >= 0.6 is 0 Å². The highest BCUT2D eigenvalue weighted by Gasteiger charge is 2.73. The van der Waals surface area contributed by atoms with Crippen molar-refractivity contribution in [2.75, 3.05) is 26.9 Å². The van der Waals surface area contributed by atoms with E-state index in [0.717, 1.165) is 73.3 Å². The number of azide groups is 1. The molecule has 1 N–H and O–H groups in total. The van der Waals surface area contributed by atoms with Crippen molar-refractivity contribution in [1.29, 1.82) is 0 Å². The molecule has 4 saturated carbocycles. The van der Waals surface area contributed by atoms with Crippen LogP contribution < -0.4 is 5.32 Å². The summed E-state index contributed by atoms with van der Waals surface area (Å²) in [5, 5.41) is 8.09. The minimum atomic E-state index is -2.28. The molecule has 5 aliphatic carbocycles. The first kappa shape index (κ1) is 100. The molecule has 7 saturated heterocycles. The first-order valence-corrected chi connectivity index (χ1v) is 52.6. The van der Waals surface area contributed by atoms with Crippen molar-refractivity contribution in [3.05, 3.63) is 130 Å². The number of amides is 1. The van der Waals surface area contributed by atoms with Crippen molar-refractivity contribution in [3.8, 4) is 0 Å². The third-order valence-electron chi connectivity index (χ3n) is 35.7. The summed E-state index contributed by atoms with van der Waals surface area (Å²) < 4.78 is 128. The Hall–Kier alpha value is -4.98. The third-order valence-corrected chi connectivity index (χ3v) is 40.4. The Labute approximate surface area is 781 Å². The number of nitrogens with one attached hydrogen (secondary N) is 1. The third kappa shape index (κ3) is 19.4. The van der Waals surface area contributed by atoms with Gasteiger partial charge in [-0.25, -0.2) is 0 Å². The molecule has 15 rings (SSSR count). The standard InChI is InChI=1S/C105H158N4O21Si/c1-24-75-62(7)63(8)87(130-131(25-2,26-3)27-4)95(121-75)127-90-85(124-93-64(9)61(6)60(5)53-117-93)66(11)83(68(13)111)123-96(90)122-80-46-47-101(19)78(102(80,20)59-110)45-48-103(21)79(101)44-43-73-74-51-99(15,16)49-50-105(74,81(113-23)52-104(73,103)22)98(112)107-92-86(65(10)82(108-109-106)76(120-92)57-114-54-70-37-31-28-32-38-70)125-97-91-89(128-100(17,18)129-91)88(69(14)119-97)126-94-67(12)84(116-56-72-41-35-30-36-42-72)77(58-118-94)115-55-71-39-33-29-34-40-71/h28-43,59-67,69,74-97H,24-27,44-58H2,1-23H3,(H,107,112)/t60-,61-,62+,63+,64?,65?,66-,67?,69?,74?,75?,76?,77-,78-,79?,80+,81?,82-,83?,84?,85+,86?,87?,88+,89?,90?,91?,92+,93+,94+,95+,96-,97+,101?,102-,103+,104-,105-/m1/s1. The number of carbonyl (C=O) groups excluding carboxylic acids is 3. The van der Waals surface area contributed by atoms with Gasteiger partial charge in [0.15, 0.2) is 57.6 Å². The maximum absolute atomic E-state index is 17.1. The Kier molecular flexibility index (Phi) is 31.3. The molecule has 7 aliphatic heterocycles. The summed E-state index contributed by atoms with van der Waals surface area (Å²) in [6.07, 6.45) is -5.18. The van der Waals surface area contributed by atoms with E-state index < -0.39 is 171 Å². The zero-order chi connectivity index (χ0) is 93.8. The van der Waals surface area contributed by atoms with E-state index >= 15 is 4.79 Å². The van der Waals surface area contributed by atoms with E-state index in [9.17, 15) is 15.1 Å². The normalized spacial score (nSPS) is 44.3. The van der Waals surface area contributed by atoms with Crippen LogP contribution in [-0.2, 0) is 119 Å². The number of hydrogen-bond acceptors (Lipinski definition) is 22. The number of ketones is 1. The van der Waals surface area contributed by atoms with Crippen molar-refractivity contribution in [1.82, 2.24) is 5.32 Å². The van der Waals surface area contributed by atoms with E-state index in [1.165, 1.54) is 11.9 Å². The SMILES string of the molecule is CCC1O[C@@H](OC2[C@H](O[C@H]3CCC4(C)C5CC=C6C7CC(C)(C)CC[C@]7(C(=O)N[C@H]7OC(COCc8ccccc8)[C@H](N=[N+]=[N-])C(C)C7O[C@@H]7OC(C)[C@H](O[C@@H]8OC[C@@H](OCc9ccccc9)C(OCc9ccccc9)C8C)C8OC(C)(C)OC87)C(OC)C[C@@]6(C)[C@@]5(C)CC[C@H]4[C@@]3(C)C=O)OC(C(C)=O)[C@@H](C)[C@@H]2O[C@@H]2OC[C@@H](C)[C@@H](C)C2C)C(O[Si](CC)(CC)CC)[C@@H](C)[C@@H]1C. The van der Waals surface area contributed by atoms with Crippen molar-refractivity contribution in [2.24, 2.45) is 103 Å². The molecule has 0 spiro atoms. The number of benzene rings is 3. The predicted octanol–water partition coefficient (Wildman–Crippen LogP) is 19.3. The summed E-state index contributed by atoms with van der Waals surface area (Å²) in [4.78, 5) is 49.9. The molecule has 1 amide bonds. The number of Topliss-reactive ketones (excluding diaryl/α,β-unsaturated/α-hetero) is 1. The molecule has 11 fully saturated rings. The van der Waals surface area contributed by atoms with Gasteiger partial charge in [0.1, 0.15) is 49.0 Å². The van der Waals surface area contributed by atoms with E-state index in [4.69, 9.17) is 85.0 Å². The maximum atomic E-state index is 17.1. The lowest BCUT2D eigenvalue weighted by Crippen LogP contribution is -2.70. The minimum absolute atomic E-state index is 0.0164. The van der Waals surface area contributed by atoms with Gasteiger partial charge in [0.05, 0.1) is 105 Å². The van der Waals surface area contributed by atoms with Crippen LogP contribution in [0.2, 0.25) is 18.1 Å². The molecule has 728 valence electrons. The van der Waals surface area contributed by atoms with E-state index in [0.29, 0.717) is 51.4 Å². The molecule has 38 atom stereocenters. The number of allylic oxidation sites excluding steroid dienone is 2. The van der Waals surface area contributed by atoms with Gasteiger partial charge in [-0.05, 0) is 201 Å². The number of aldehydes is 1. The molecule has 7 heterocycles. The molecule has 25 nitrogen and oxygen atoms in total. The molecule has 131 heavy (non-hydrogen) atoms. The van der Waals surface area contributed by atoms with Gasteiger partial charge in [0, 0.05) is 29.8 Å². The van der Waals surface area contributed by atoms with Crippen molar-refractivity contribution in [2.45, 2.75) is 396 Å². The van der Waals surface area contributed by atoms with E-state index in [-0.39, 0.29) is 101 Å². The Morgan fingerprint density at radius 2 is 1.18 bits per heavy atom. The second-order valence-electron chi connectivity index (χ2n) is 44.1. The lowest BCUT2D eigenvalue weighted by molar-refractivity contribution is -0.376. The quantitative estimate of drug-likeness (QED) is 0.0116. The van der Waals surface area contributed by atoms with Gasteiger partial charge in [0.2, 0.25) is 5.91 Å². The van der Waals surface area contributed by atoms with Crippen molar-refractivity contribution < 1.29 is 99.3 Å². The number of rotatable bonds is 32. The molecule has 3 aromatic carbocycles. The number of hydrogen-bond donors (Lipinski definition) is 1. The number of methoxy groups -OCH3 is 1. The van der Waals surface area contributed by atoms with Crippen molar-refractivity contribution >= 4 is 26.3 Å². The summed E-state index contributed by atoms with van der Waals surface area (Å²) in [5.41, 5.74) is 11.3. The summed E-state index contributed by atoms with van der Waals surface area (Å²) >= 11 is 0. The predicted molar refractivity (Wildman–Crippen MR) is 497 cm³/mol. The summed E-state index contributed by atoms with van der Waals surface area (Å²) in [6, 6.07) is 32.1. The zero-order valence-electron chi connectivity index (χ0n) is 82.7. The Morgan fingerprint density at radius 1 is 0.573 bits per heavy atom. The van der Waals surface area contributed by atoms with Crippen LogP contribution in [-0.4, -0.2) is 194 Å². The second-order valence-corrected chi connectivity index (χ2v) is 48.8. The fraction of sp³-hybridized carbons (Fsp3) is 0.781. The average Bonchev–Trinajstić information content (AvgIpc) is 0.772. The lowest BCUT2D eigenvalue weighted by Gasteiger charge is -2.72. The van der Waals surface area contributed by atoms with Crippen LogP contribution in [0, 0.1) is 97.6 Å². The Morgan fingerprint density at radius 3 is 1.82 bits per heavy atom. The number of nitrogens with zero attached hydrogens (tertiary/aromatic N) is 3. The zero-order valence-corrected chi connectivity index (χ0v) is 83.7. The van der Waals surface area contributed by atoms with Crippen molar-refractivity contribution in [3.63, 3.8) is 0 Å². The van der Waals surface area contributed by atoms with Gasteiger partial charge in [-0.2, -0.15) is 0 Å². The molecular weight excluding hydrogens is 1680 g/mol. The van der Waals surface area contributed by atoms with Crippen LogP contribution in [0.25, 0.3) is 10.4 Å². The van der Waals surface area contributed by atoms with Gasteiger partial charge < -0.3 is 95.1 Å². The first-order chi connectivity index (χ1) is 62.4. The van der Waals surface area contributed by atoms with Gasteiger partial charge in [-0.3, -0.25) is 9.59 Å². The maximum Gasteiger partial charge on any atom is 0.231 e. The fourth-order valence-electron chi connectivity index (χ4n) is 26.8. The second kappa shape index (κ2) is 40.8. The first-order valence-electron chi connectivity index (χ1n) is 50.1. The fourth-order valence-corrected chi connectivity index (χ4v) is 29.7. The number of carbonyl (C=O) groups is 3. The van der Waals surface area contributed by atoms with E-state index in [2.05, 4.69) is 132 Å². The van der Waals surface area contributed by atoms with Gasteiger partial charge in [-0.1, -0.05) is 232 Å². The number of ether oxygens (including phenoxy) is 17. The van der Waals surface area contributed by atoms with Gasteiger partial charge >= 0.3 is 0 Å². The van der Waals surface area contributed by atoms with Crippen LogP contribution in [0.5, 0.6) is 0 Å². The largest absolute Gasteiger partial charge is 0.408 e.